The van der Waals surface area contributed by atoms with Crippen LogP contribution in [-0.4, -0.2) is 57.4 Å². The number of morpholine rings is 1. The fraction of sp³-hybridized carbons (Fsp3) is 0.231. The Morgan fingerprint density at radius 3 is 2.49 bits per heavy atom. The lowest BCUT2D eigenvalue weighted by Gasteiger charge is -2.30. The highest BCUT2D eigenvalue weighted by Crippen LogP contribution is 2.36. The van der Waals surface area contributed by atoms with Gasteiger partial charge in [0.05, 0.1) is 30.3 Å². The minimum absolute atomic E-state index is 0.0843. The normalized spacial score (nSPS) is 16.1. The molecule has 2 heterocycles. The van der Waals surface area contributed by atoms with E-state index >= 15 is 0 Å². The standard InChI is InChI=1S/C26H24ClN3O6S/c27-20-3-1-2-18(14-20)16-30-23-15-21(6-9-24(23)36-17-25(30)31)28-26(32)19-4-7-22(8-5-19)37(33,34)29-10-12-35-13-11-29/h1-9,14-15H,10-13,16-17H2,(H,28,32). The van der Waals surface area contributed by atoms with E-state index in [4.69, 9.17) is 21.1 Å². The number of amides is 2. The molecular formula is C26H24ClN3O6S. The largest absolute Gasteiger partial charge is 0.482 e. The summed E-state index contributed by atoms with van der Waals surface area (Å²) < 4.78 is 37.8. The van der Waals surface area contributed by atoms with Gasteiger partial charge in [0.2, 0.25) is 10.0 Å². The fourth-order valence-electron chi connectivity index (χ4n) is 4.19. The van der Waals surface area contributed by atoms with Crippen molar-refractivity contribution in [2.75, 3.05) is 43.1 Å². The highest BCUT2D eigenvalue weighted by atomic mass is 35.5. The van der Waals surface area contributed by atoms with Crippen molar-refractivity contribution in [3.8, 4) is 5.75 Å². The van der Waals surface area contributed by atoms with Crippen molar-refractivity contribution in [3.63, 3.8) is 0 Å². The first-order valence-electron chi connectivity index (χ1n) is 11.6. The molecule has 5 rings (SSSR count). The number of carbonyl (C=O) groups excluding carboxylic acids is 2. The van der Waals surface area contributed by atoms with Gasteiger partial charge in [-0.2, -0.15) is 4.31 Å². The second kappa shape index (κ2) is 10.5. The van der Waals surface area contributed by atoms with Crippen LogP contribution in [0.3, 0.4) is 0 Å². The molecule has 1 N–H and O–H groups in total. The quantitative estimate of drug-likeness (QED) is 0.512. The number of hydrogen-bond acceptors (Lipinski definition) is 6. The van der Waals surface area contributed by atoms with Gasteiger partial charge in [0.1, 0.15) is 5.75 Å². The van der Waals surface area contributed by atoms with Crippen LogP contribution in [0.25, 0.3) is 0 Å². The third-order valence-electron chi connectivity index (χ3n) is 6.11. The van der Waals surface area contributed by atoms with Crippen LogP contribution in [0.4, 0.5) is 11.4 Å². The van der Waals surface area contributed by atoms with Crippen molar-refractivity contribution in [1.82, 2.24) is 4.31 Å². The number of halogens is 1. The van der Waals surface area contributed by atoms with Gasteiger partial charge in [-0.25, -0.2) is 8.42 Å². The Balaban J connectivity index is 1.33. The second-order valence-corrected chi connectivity index (χ2v) is 11.0. The second-order valence-electron chi connectivity index (χ2n) is 8.58. The molecule has 0 radical (unpaired) electrons. The van der Waals surface area contributed by atoms with Gasteiger partial charge in [-0.3, -0.25) is 9.59 Å². The van der Waals surface area contributed by atoms with Gasteiger partial charge >= 0.3 is 0 Å². The molecule has 9 nitrogen and oxygen atoms in total. The highest BCUT2D eigenvalue weighted by Gasteiger charge is 2.28. The lowest BCUT2D eigenvalue weighted by molar-refractivity contribution is -0.121. The topological polar surface area (TPSA) is 105 Å². The van der Waals surface area contributed by atoms with E-state index in [2.05, 4.69) is 5.32 Å². The molecule has 0 atom stereocenters. The lowest BCUT2D eigenvalue weighted by atomic mass is 10.1. The van der Waals surface area contributed by atoms with Gasteiger partial charge in [-0.15, -0.1) is 0 Å². The monoisotopic (exact) mass is 541 g/mol. The van der Waals surface area contributed by atoms with E-state index in [9.17, 15) is 18.0 Å². The number of carbonyl (C=O) groups is 2. The Bertz CT molecular complexity index is 1440. The van der Waals surface area contributed by atoms with Crippen molar-refractivity contribution in [3.05, 3.63) is 82.9 Å². The molecule has 3 aromatic rings. The van der Waals surface area contributed by atoms with Crippen molar-refractivity contribution < 1.29 is 27.5 Å². The molecule has 2 aliphatic rings. The summed E-state index contributed by atoms with van der Waals surface area (Å²) in [5.74, 6) is -0.106. The zero-order valence-electron chi connectivity index (χ0n) is 19.7. The number of rotatable bonds is 6. The zero-order chi connectivity index (χ0) is 26.0. The molecule has 0 spiro atoms. The van der Waals surface area contributed by atoms with Gasteiger partial charge in [-0.1, -0.05) is 23.7 Å². The molecule has 1 fully saturated rings. The molecule has 192 valence electrons. The summed E-state index contributed by atoms with van der Waals surface area (Å²) in [6.07, 6.45) is 0. The van der Waals surface area contributed by atoms with Crippen LogP contribution in [0.15, 0.2) is 71.6 Å². The van der Waals surface area contributed by atoms with Crippen LogP contribution in [0.1, 0.15) is 15.9 Å². The minimum Gasteiger partial charge on any atom is -0.482 e. The van der Waals surface area contributed by atoms with Gasteiger partial charge in [0.25, 0.3) is 11.8 Å². The molecule has 0 aromatic heterocycles. The summed E-state index contributed by atoms with van der Waals surface area (Å²) in [5, 5.41) is 3.38. The molecule has 0 aliphatic carbocycles. The zero-order valence-corrected chi connectivity index (χ0v) is 21.3. The van der Waals surface area contributed by atoms with Crippen molar-refractivity contribution in [1.29, 1.82) is 0 Å². The molecular weight excluding hydrogens is 518 g/mol. The molecule has 3 aromatic carbocycles. The van der Waals surface area contributed by atoms with Crippen LogP contribution in [0, 0.1) is 0 Å². The van der Waals surface area contributed by atoms with E-state index in [1.807, 2.05) is 12.1 Å². The van der Waals surface area contributed by atoms with Crippen LogP contribution in [-0.2, 0) is 26.1 Å². The maximum atomic E-state index is 12.9. The molecule has 2 aliphatic heterocycles. The number of nitrogens with one attached hydrogen (secondary N) is 1. The predicted octanol–water partition coefficient (Wildman–Crippen LogP) is 3.54. The molecule has 0 bridgehead atoms. The summed E-state index contributed by atoms with van der Waals surface area (Å²) >= 11 is 6.10. The Morgan fingerprint density at radius 2 is 1.76 bits per heavy atom. The van der Waals surface area contributed by atoms with Gasteiger partial charge in [0, 0.05) is 29.4 Å². The Labute approximate surface area is 219 Å². The first kappa shape index (κ1) is 25.2. The summed E-state index contributed by atoms with van der Waals surface area (Å²) in [6.45, 7) is 1.51. The van der Waals surface area contributed by atoms with Gasteiger partial charge in [-0.05, 0) is 60.2 Å². The first-order chi connectivity index (χ1) is 17.8. The third-order valence-corrected chi connectivity index (χ3v) is 8.26. The van der Waals surface area contributed by atoms with E-state index in [0.29, 0.717) is 60.6 Å². The molecule has 0 saturated carbocycles. The van der Waals surface area contributed by atoms with E-state index in [0.717, 1.165) is 5.56 Å². The SMILES string of the molecule is O=C(Nc1ccc2c(c1)N(Cc1cccc(Cl)c1)C(=O)CO2)c1ccc(S(=O)(=O)N2CCOCC2)cc1. The van der Waals surface area contributed by atoms with Crippen molar-refractivity contribution in [2.24, 2.45) is 0 Å². The van der Waals surface area contributed by atoms with Crippen LogP contribution >= 0.6 is 11.6 Å². The number of anilines is 2. The molecule has 1 saturated heterocycles. The van der Waals surface area contributed by atoms with E-state index in [-0.39, 0.29) is 17.4 Å². The number of nitrogens with zero attached hydrogens (tertiary/aromatic N) is 2. The van der Waals surface area contributed by atoms with Crippen LogP contribution in [0.2, 0.25) is 5.02 Å². The molecule has 37 heavy (non-hydrogen) atoms. The van der Waals surface area contributed by atoms with Crippen LogP contribution < -0.4 is 15.0 Å². The minimum atomic E-state index is -3.65. The van der Waals surface area contributed by atoms with E-state index < -0.39 is 15.9 Å². The number of hydrogen-bond donors (Lipinski definition) is 1. The third kappa shape index (κ3) is 5.47. The smallest absolute Gasteiger partial charge is 0.265 e. The fourth-order valence-corrected chi connectivity index (χ4v) is 5.81. The summed E-state index contributed by atoms with van der Waals surface area (Å²) in [5.41, 5.74) is 2.14. The maximum absolute atomic E-state index is 12.9. The summed E-state index contributed by atoms with van der Waals surface area (Å²) in [7, 11) is -3.65. The Morgan fingerprint density at radius 1 is 1.00 bits per heavy atom. The number of fused-ring (bicyclic) bond motifs is 1. The van der Waals surface area contributed by atoms with E-state index in [1.165, 1.54) is 28.6 Å². The number of benzene rings is 3. The average Bonchev–Trinajstić information content (AvgIpc) is 2.91. The Hall–Kier alpha value is -3.44. The summed E-state index contributed by atoms with van der Waals surface area (Å²) in [6, 6.07) is 18.1. The van der Waals surface area contributed by atoms with Crippen molar-refractivity contribution >= 4 is 44.8 Å². The highest BCUT2D eigenvalue weighted by molar-refractivity contribution is 7.89. The lowest BCUT2D eigenvalue weighted by Crippen LogP contribution is -2.40. The van der Waals surface area contributed by atoms with E-state index in [1.54, 1.807) is 35.2 Å². The molecule has 0 unspecified atom stereocenters. The predicted molar refractivity (Wildman–Crippen MR) is 139 cm³/mol. The first-order valence-corrected chi connectivity index (χ1v) is 13.4. The number of ether oxygens (including phenoxy) is 2. The Kier molecular flexibility index (Phi) is 7.16. The molecule has 2 amide bonds. The number of sulfonamides is 1. The van der Waals surface area contributed by atoms with Gasteiger partial charge < -0.3 is 19.7 Å². The van der Waals surface area contributed by atoms with Crippen molar-refractivity contribution in [2.45, 2.75) is 11.4 Å². The molecule has 11 heteroatoms. The average molecular weight is 542 g/mol. The van der Waals surface area contributed by atoms with Crippen LogP contribution in [0.5, 0.6) is 5.75 Å². The maximum Gasteiger partial charge on any atom is 0.265 e. The van der Waals surface area contributed by atoms with Gasteiger partial charge in [0.15, 0.2) is 6.61 Å². The summed E-state index contributed by atoms with van der Waals surface area (Å²) in [4.78, 5) is 27.3.